The third-order valence-corrected chi connectivity index (χ3v) is 3.38. The van der Waals surface area contributed by atoms with Crippen LogP contribution in [0.2, 0.25) is 0 Å². The first-order valence-electron chi connectivity index (χ1n) is 6.18. The average Bonchev–Trinajstić information content (AvgIpc) is 2.34. The number of rotatable bonds is 4. The van der Waals surface area contributed by atoms with Crippen molar-refractivity contribution in [2.45, 2.75) is 59.2 Å². The van der Waals surface area contributed by atoms with E-state index in [9.17, 15) is 9.59 Å². The van der Waals surface area contributed by atoms with E-state index in [0.717, 1.165) is 12.8 Å². The first-order valence-corrected chi connectivity index (χ1v) is 6.18. The largest absolute Gasteiger partial charge is 0.459 e. The van der Waals surface area contributed by atoms with E-state index in [1.54, 1.807) is 6.92 Å². The third-order valence-electron chi connectivity index (χ3n) is 3.38. The number of ether oxygens (including phenoxy) is 2. The van der Waals surface area contributed by atoms with Crippen molar-refractivity contribution in [3.63, 3.8) is 0 Å². The minimum absolute atomic E-state index is 0.0544. The van der Waals surface area contributed by atoms with E-state index in [0.29, 0.717) is 5.92 Å². The summed E-state index contributed by atoms with van der Waals surface area (Å²) in [5, 5.41) is 0. The SMILES string of the molecule is CC(=O)O[C@]1(C)C(=O)O[C@H](C)[C@H]1CCC(C)C. The van der Waals surface area contributed by atoms with Crippen molar-refractivity contribution in [3.8, 4) is 0 Å². The zero-order valence-corrected chi connectivity index (χ0v) is 11.3. The van der Waals surface area contributed by atoms with Gasteiger partial charge < -0.3 is 9.47 Å². The van der Waals surface area contributed by atoms with Gasteiger partial charge in [-0.05, 0) is 26.2 Å². The quantitative estimate of drug-likeness (QED) is 0.710. The Hall–Kier alpha value is -1.06. The van der Waals surface area contributed by atoms with Gasteiger partial charge in [-0.2, -0.15) is 0 Å². The second kappa shape index (κ2) is 5.07. The van der Waals surface area contributed by atoms with Crippen LogP contribution in [0, 0.1) is 11.8 Å². The Morgan fingerprint density at radius 3 is 2.59 bits per heavy atom. The molecule has 0 aromatic carbocycles. The van der Waals surface area contributed by atoms with Crippen LogP contribution in [0.4, 0.5) is 0 Å². The van der Waals surface area contributed by atoms with Gasteiger partial charge in [0.05, 0.1) is 0 Å². The predicted octanol–water partition coefficient (Wildman–Crippen LogP) is 2.31. The molecule has 0 aromatic rings. The van der Waals surface area contributed by atoms with Gasteiger partial charge in [0.15, 0.2) is 0 Å². The number of hydrogen-bond donors (Lipinski definition) is 0. The summed E-state index contributed by atoms with van der Waals surface area (Å²) in [6.07, 6.45) is 1.63. The van der Waals surface area contributed by atoms with Gasteiger partial charge in [-0.15, -0.1) is 0 Å². The van der Waals surface area contributed by atoms with Crippen LogP contribution < -0.4 is 0 Å². The molecule has 98 valence electrons. The normalized spacial score (nSPS) is 32.7. The summed E-state index contributed by atoms with van der Waals surface area (Å²) in [6, 6.07) is 0. The Morgan fingerprint density at radius 1 is 1.53 bits per heavy atom. The van der Waals surface area contributed by atoms with Crippen LogP contribution in [-0.2, 0) is 19.1 Å². The van der Waals surface area contributed by atoms with Crippen molar-refractivity contribution in [2.75, 3.05) is 0 Å². The zero-order valence-electron chi connectivity index (χ0n) is 11.3. The molecule has 0 unspecified atom stereocenters. The number of carbonyl (C=O) groups is 2. The maximum absolute atomic E-state index is 11.8. The summed E-state index contributed by atoms with van der Waals surface area (Å²) in [4.78, 5) is 22.9. The molecule has 4 nitrogen and oxygen atoms in total. The minimum Gasteiger partial charge on any atom is -0.459 e. The van der Waals surface area contributed by atoms with E-state index in [4.69, 9.17) is 9.47 Å². The van der Waals surface area contributed by atoms with Gasteiger partial charge in [-0.25, -0.2) is 4.79 Å². The van der Waals surface area contributed by atoms with Gasteiger partial charge in [0, 0.05) is 12.8 Å². The third kappa shape index (κ3) is 2.99. The van der Waals surface area contributed by atoms with Crippen LogP contribution in [0.25, 0.3) is 0 Å². The van der Waals surface area contributed by atoms with Crippen molar-refractivity contribution in [1.82, 2.24) is 0 Å². The highest BCUT2D eigenvalue weighted by molar-refractivity contribution is 5.85. The summed E-state index contributed by atoms with van der Waals surface area (Å²) in [5.41, 5.74) is -1.11. The van der Waals surface area contributed by atoms with Crippen molar-refractivity contribution in [3.05, 3.63) is 0 Å². The highest BCUT2D eigenvalue weighted by atomic mass is 16.6. The molecule has 0 N–H and O–H groups in total. The Kier molecular flexibility index (Phi) is 4.17. The smallest absolute Gasteiger partial charge is 0.351 e. The van der Waals surface area contributed by atoms with Gasteiger partial charge in [0.25, 0.3) is 0 Å². The highest BCUT2D eigenvalue weighted by Crippen LogP contribution is 2.38. The van der Waals surface area contributed by atoms with E-state index in [2.05, 4.69) is 13.8 Å². The predicted molar refractivity (Wildman–Crippen MR) is 63.3 cm³/mol. The molecule has 1 saturated heterocycles. The first-order chi connectivity index (χ1) is 7.77. The maximum atomic E-state index is 11.8. The molecule has 0 saturated carbocycles. The molecule has 0 aliphatic carbocycles. The summed E-state index contributed by atoms with van der Waals surface area (Å²) in [6.45, 7) is 9.10. The Morgan fingerprint density at radius 2 is 2.12 bits per heavy atom. The Balaban J connectivity index is 2.82. The molecule has 1 aliphatic heterocycles. The van der Waals surface area contributed by atoms with Gasteiger partial charge in [0.2, 0.25) is 5.60 Å². The highest BCUT2D eigenvalue weighted by Gasteiger charge is 2.55. The molecule has 0 radical (unpaired) electrons. The molecule has 1 aliphatic rings. The lowest BCUT2D eigenvalue weighted by molar-refractivity contribution is -0.172. The molecular weight excluding hydrogens is 220 g/mol. The van der Waals surface area contributed by atoms with Gasteiger partial charge >= 0.3 is 11.9 Å². The van der Waals surface area contributed by atoms with E-state index >= 15 is 0 Å². The van der Waals surface area contributed by atoms with Crippen molar-refractivity contribution < 1.29 is 19.1 Å². The summed E-state index contributed by atoms with van der Waals surface area (Å²) >= 11 is 0. The van der Waals surface area contributed by atoms with Gasteiger partial charge in [0.1, 0.15) is 6.10 Å². The molecule has 4 heteroatoms. The summed E-state index contributed by atoms with van der Waals surface area (Å²) in [7, 11) is 0. The van der Waals surface area contributed by atoms with E-state index in [1.165, 1.54) is 6.92 Å². The Bertz CT molecular complexity index is 311. The van der Waals surface area contributed by atoms with Crippen LogP contribution in [0.5, 0.6) is 0 Å². The lowest BCUT2D eigenvalue weighted by Gasteiger charge is -2.28. The Labute approximate surface area is 103 Å². The molecule has 17 heavy (non-hydrogen) atoms. The fourth-order valence-corrected chi connectivity index (χ4v) is 2.41. The zero-order chi connectivity index (χ0) is 13.2. The lowest BCUT2D eigenvalue weighted by atomic mass is 9.82. The molecule has 1 heterocycles. The molecule has 0 spiro atoms. The fourth-order valence-electron chi connectivity index (χ4n) is 2.41. The molecule has 0 bridgehead atoms. The molecule has 1 rings (SSSR count). The molecule has 3 atom stereocenters. The van der Waals surface area contributed by atoms with Crippen molar-refractivity contribution in [2.24, 2.45) is 11.8 Å². The number of esters is 2. The van der Waals surface area contributed by atoms with Crippen LogP contribution in [0.1, 0.15) is 47.5 Å². The lowest BCUT2D eigenvalue weighted by Crippen LogP contribution is -2.43. The maximum Gasteiger partial charge on any atom is 0.351 e. The molecule has 0 aromatic heterocycles. The van der Waals surface area contributed by atoms with Crippen LogP contribution >= 0.6 is 0 Å². The molecule has 1 fully saturated rings. The topological polar surface area (TPSA) is 52.6 Å². The second-order valence-corrected chi connectivity index (χ2v) is 5.39. The molecule has 0 amide bonds. The minimum atomic E-state index is -1.11. The van der Waals surface area contributed by atoms with E-state index < -0.39 is 17.5 Å². The van der Waals surface area contributed by atoms with Crippen LogP contribution in [-0.4, -0.2) is 23.6 Å². The van der Waals surface area contributed by atoms with Gasteiger partial charge in [-0.3, -0.25) is 4.79 Å². The van der Waals surface area contributed by atoms with Crippen molar-refractivity contribution in [1.29, 1.82) is 0 Å². The number of cyclic esters (lactones) is 1. The number of hydrogen-bond acceptors (Lipinski definition) is 4. The summed E-state index contributed by atoms with van der Waals surface area (Å²) in [5.74, 6) is -0.358. The van der Waals surface area contributed by atoms with Crippen molar-refractivity contribution >= 4 is 11.9 Å². The van der Waals surface area contributed by atoms with E-state index in [1.807, 2.05) is 6.92 Å². The number of carbonyl (C=O) groups excluding carboxylic acids is 2. The van der Waals surface area contributed by atoms with Crippen LogP contribution in [0.15, 0.2) is 0 Å². The average molecular weight is 242 g/mol. The fraction of sp³-hybridized carbons (Fsp3) is 0.846. The summed E-state index contributed by atoms with van der Waals surface area (Å²) < 4.78 is 10.4. The first kappa shape index (κ1) is 14.0. The van der Waals surface area contributed by atoms with Gasteiger partial charge in [-0.1, -0.05) is 20.3 Å². The monoisotopic (exact) mass is 242 g/mol. The second-order valence-electron chi connectivity index (χ2n) is 5.39. The van der Waals surface area contributed by atoms with Crippen LogP contribution in [0.3, 0.4) is 0 Å². The molecular formula is C13H22O4. The standard InChI is InChI=1S/C13H22O4/c1-8(2)6-7-11-9(3)16-12(15)13(11,5)17-10(4)14/h8-9,11H,6-7H2,1-5H3/t9-,11-,13+/m1/s1. The van der Waals surface area contributed by atoms with E-state index in [-0.39, 0.29) is 12.0 Å².